The molecular weight excluding hydrogens is 432 g/mol. The second-order valence-electron chi connectivity index (χ2n) is 9.68. The number of piperidine rings is 1. The van der Waals surface area contributed by atoms with Crippen LogP contribution in [0.5, 0.6) is 0 Å². The normalized spacial score (nSPS) is 21.4. The minimum absolute atomic E-state index is 0.0322. The molecule has 0 unspecified atom stereocenters. The summed E-state index contributed by atoms with van der Waals surface area (Å²) in [6, 6.07) is 8.28. The molecule has 2 amide bonds. The zero-order valence-electron chi connectivity index (χ0n) is 19.9. The van der Waals surface area contributed by atoms with Crippen molar-refractivity contribution in [1.29, 1.82) is 0 Å². The van der Waals surface area contributed by atoms with Crippen molar-refractivity contribution >= 4 is 11.8 Å². The summed E-state index contributed by atoms with van der Waals surface area (Å²) in [6.45, 7) is 7.93. The summed E-state index contributed by atoms with van der Waals surface area (Å²) in [5.41, 5.74) is 3.41. The number of hydrogen-bond donors (Lipinski definition) is 1. The Morgan fingerprint density at radius 1 is 1.09 bits per heavy atom. The molecule has 5 rings (SSSR count). The van der Waals surface area contributed by atoms with Crippen molar-refractivity contribution < 1.29 is 14.3 Å². The fraction of sp³-hybridized carbons (Fsp3) is 0.600. The van der Waals surface area contributed by atoms with E-state index in [1.54, 1.807) is 9.58 Å². The number of likely N-dealkylation sites (tertiary alicyclic amines) is 2. The zero-order chi connectivity index (χ0) is 23.5. The Morgan fingerprint density at radius 3 is 2.56 bits per heavy atom. The maximum absolute atomic E-state index is 13.2. The fourth-order valence-corrected chi connectivity index (χ4v) is 5.14. The van der Waals surface area contributed by atoms with Gasteiger partial charge in [0.25, 0.3) is 5.91 Å². The molecule has 4 heterocycles. The third-order valence-electron chi connectivity index (χ3n) is 7.33. The van der Waals surface area contributed by atoms with Crippen molar-refractivity contribution in [2.24, 2.45) is 5.92 Å². The van der Waals surface area contributed by atoms with Crippen molar-refractivity contribution in [1.82, 2.24) is 30.1 Å². The molecular formula is C25H34N6O3. The number of aryl methyl sites for hydroxylation is 1. The quantitative estimate of drug-likeness (QED) is 0.699. The number of benzene rings is 1. The molecule has 2 aromatic rings. The third kappa shape index (κ3) is 5.00. The van der Waals surface area contributed by atoms with E-state index in [1.165, 1.54) is 18.4 Å². The van der Waals surface area contributed by atoms with Crippen LogP contribution >= 0.6 is 0 Å². The molecule has 0 spiro atoms. The minimum atomic E-state index is -0.119. The molecule has 0 bridgehead atoms. The molecule has 9 nitrogen and oxygen atoms in total. The minimum Gasteiger partial charge on any atom is -0.365 e. The number of amides is 2. The number of fused-ring (bicyclic) bond motifs is 1. The van der Waals surface area contributed by atoms with Gasteiger partial charge >= 0.3 is 0 Å². The standard InChI is InChI=1S/C25H34N6O3/c1-18-4-6-19(7-5-18)22-16-31-21(17-34-22)23(27-28-31)25(33)30-13-8-20(9-14-30)24(32)26-10-15-29-11-2-3-12-29/h4-7,20,22H,2-3,8-17H2,1H3,(H,26,32)/t22-/m0/s1. The Labute approximate surface area is 200 Å². The van der Waals surface area contributed by atoms with Gasteiger partial charge in [-0.15, -0.1) is 5.10 Å². The van der Waals surface area contributed by atoms with Crippen LogP contribution < -0.4 is 5.32 Å². The number of rotatable bonds is 6. The predicted octanol–water partition coefficient (Wildman–Crippen LogP) is 1.92. The smallest absolute Gasteiger partial charge is 0.276 e. The van der Waals surface area contributed by atoms with Crippen LogP contribution in [0.25, 0.3) is 0 Å². The van der Waals surface area contributed by atoms with Crippen LogP contribution in [-0.2, 0) is 22.7 Å². The SMILES string of the molecule is Cc1ccc([C@@H]2Cn3nnc(C(=O)N4CCC(C(=O)NCCN5CCCC5)CC4)c3CO2)cc1. The highest BCUT2D eigenvalue weighted by molar-refractivity contribution is 5.93. The number of nitrogens with one attached hydrogen (secondary N) is 1. The predicted molar refractivity (Wildman–Crippen MR) is 126 cm³/mol. The number of ether oxygens (including phenoxy) is 1. The van der Waals surface area contributed by atoms with Crippen LogP contribution in [0.15, 0.2) is 24.3 Å². The highest BCUT2D eigenvalue weighted by atomic mass is 16.5. The Bertz CT molecular complexity index is 1010. The van der Waals surface area contributed by atoms with Gasteiger partial charge in [-0.05, 0) is 51.3 Å². The average Bonchev–Trinajstić information content (AvgIpc) is 3.54. The van der Waals surface area contributed by atoms with Gasteiger partial charge in [-0.25, -0.2) is 4.68 Å². The molecule has 0 aliphatic carbocycles. The molecule has 1 aromatic carbocycles. The van der Waals surface area contributed by atoms with Gasteiger partial charge in [0.15, 0.2) is 5.69 Å². The van der Waals surface area contributed by atoms with Crippen LogP contribution in [0.1, 0.15) is 59.1 Å². The van der Waals surface area contributed by atoms with E-state index in [2.05, 4.69) is 51.7 Å². The monoisotopic (exact) mass is 466 g/mol. The first-order chi connectivity index (χ1) is 16.6. The van der Waals surface area contributed by atoms with Crippen LogP contribution in [0.2, 0.25) is 0 Å². The molecule has 1 atom stereocenters. The van der Waals surface area contributed by atoms with Gasteiger partial charge in [-0.2, -0.15) is 0 Å². The molecule has 34 heavy (non-hydrogen) atoms. The maximum atomic E-state index is 13.2. The molecule has 1 aromatic heterocycles. The lowest BCUT2D eigenvalue weighted by Crippen LogP contribution is -2.44. The Kier molecular flexibility index (Phi) is 6.92. The maximum Gasteiger partial charge on any atom is 0.276 e. The molecule has 0 radical (unpaired) electrons. The van der Waals surface area contributed by atoms with Gasteiger partial charge in [-0.1, -0.05) is 35.0 Å². The topological polar surface area (TPSA) is 92.6 Å². The van der Waals surface area contributed by atoms with E-state index in [1.807, 2.05) is 0 Å². The molecule has 0 saturated carbocycles. The molecule has 2 fully saturated rings. The van der Waals surface area contributed by atoms with Gasteiger partial charge < -0.3 is 19.9 Å². The van der Waals surface area contributed by atoms with E-state index in [4.69, 9.17) is 4.74 Å². The van der Waals surface area contributed by atoms with E-state index < -0.39 is 0 Å². The highest BCUT2D eigenvalue weighted by Crippen LogP contribution is 2.28. The van der Waals surface area contributed by atoms with Gasteiger partial charge in [0.2, 0.25) is 5.91 Å². The number of hydrogen-bond acceptors (Lipinski definition) is 6. The summed E-state index contributed by atoms with van der Waals surface area (Å²) in [5.74, 6) is -0.0373. The van der Waals surface area contributed by atoms with Gasteiger partial charge in [0, 0.05) is 32.1 Å². The number of carbonyl (C=O) groups excluding carboxylic acids is 2. The lowest BCUT2D eigenvalue weighted by atomic mass is 9.95. The van der Waals surface area contributed by atoms with E-state index in [0.29, 0.717) is 51.3 Å². The van der Waals surface area contributed by atoms with Gasteiger partial charge in [0.05, 0.1) is 18.8 Å². The zero-order valence-corrected chi connectivity index (χ0v) is 19.9. The van der Waals surface area contributed by atoms with Crippen molar-refractivity contribution in [3.63, 3.8) is 0 Å². The summed E-state index contributed by atoms with van der Waals surface area (Å²) in [6.07, 6.45) is 3.77. The lowest BCUT2D eigenvalue weighted by Gasteiger charge is -2.31. The summed E-state index contributed by atoms with van der Waals surface area (Å²) >= 11 is 0. The van der Waals surface area contributed by atoms with E-state index in [0.717, 1.165) is 30.9 Å². The first-order valence-corrected chi connectivity index (χ1v) is 12.5. The Hall–Kier alpha value is -2.78. The number of nitrogens with zero attached hydrogens (tertiary/aromatic N) is 5. The van der Waals surface area contributed by atoms with Crippen LogP contribution in [-0.4, -0.2) is 75.9 Å². The summed E-state index contributed by atoms with van der Waals surface area (Å²) in [5, 5.41) is 11.5. The van der Waals surface area contributed by atoms with E-state index >= 15 is 0 Å². The molecule has 1 N–H and O–H groups in total. The molecule has 3 aliphatic rings. The number of carbonyl (C=O) groups is 2. The van der Waals surface area contributed by atoms with Crippen LogP contribution in [0.3, 0.4) is 0 Å². The molecule has 3 aliphatic heterocycles. The third-order valence-corrected chi connectivity index (χ3v) is 7.33. The summed E-state index contributed by atoms with van der Waals surface area (Å²) in [4.78, 5) is 29.9. The lowest BCUT2D eigenvalue weighted by molar-refractivity contribution is -0.126. The van der Waals surface area contributed by atoms with Crippen molar-refractivity contribution in [3.05, 3.63) is 46.8 Å². The summed E-state index contributed by atoms with van der Waals surface area (Å²) < 4.78 is 7.86. The highest BCUT2D eigenvalue weighted by Gasteiger charge is 2.33. The van der Waals surface area contributed by atoms with E-state index in [-0.39, 0.29) is 23.8 Å². The van der Waals surface area contributed by atoms with Gasteiger partial charge in [0.1, 0.15) is 6.10 Å². The van der Waals surface area contributed by atoms with Crippen LogP contribution in [0.4, 0.5) is 0 Å². The Balaban J connectivity index is 1.12. The number of aromatic nitrogens is 3. The van der Waals surface area contributed by atoms with E-state index in [9.17, 15) is 9.59 Å². The van der Waals surface area contributed by atoms with Gasteiger partial charge in [-0.3, -0.25) is 9.59 Å². The first-order valence-electron chi connectivity index (χ1n) is 12.5. The van der Waals surface area contributed by atoms with Crippen molar-refractivity contribution in [2.75, 3.05) is 39.3 Å². The largest absolute Gasteiger partial charge is 0.365 e. The van der Waals surface area contributed by atoms with Crippen molar-refractivity contribution in [2.45, 2.75) is 51.9 Å². The first kappa shape index (κ1) is 23.0. The Morgan fingerprint density at radius 2 is 1.82 bits per heavy atom. The average molecular weight is 467 g/mol. The second kappa shape index (κ2) is 10.2. The molecule has 2 saturated heterocycles. The van der Waals surface area contributed by atoms with Crippen LogP contribution in [0, 0.1) is 12.8 Å². The summed E-state index contributed by atoms with van der Waals surface area (Å²) in [7, 11) is 0. The molecule has 182 valence electrons. The van der Waals surface area contributed by atoms with Crippen molar-refractivity contribution in [3.8, 4) is 0 Å². The molecule has 9 heteroatoms. The second-order valence-corrected chi connectivity index (χ2v) is 9.68. The fourth-order valence-electron chi connectivity index (χ4n) is 5.14.